The molecule has 140 valence electrons. The minimum Gasteiger partial charge on any atom is -0.278 e. The molecule has 1 aliphatic rings. The first-order valence-electron chi connectivity index (χ1n) is 7.61. The second kappa shape index (κ2) is 6.97. The number of nitrogens with zero attached hydrogens (tertiary/aromatic N) is 2. The van der Waals surface area contributed by atoms with Crippen molar-refractivity contribution in [3.63, 3.8) is 0 Å². The zero-order chi connectivity index (χ0) is 19.8. The Kier molecular flexibility index (Phi) is 4.85. The Balaban J connectivity index is 1.88. The number of hydrogen-bond acceptors (Lipinski definition) is 6. The molecule has 11 heteroatoms. The number of carbonyl (C=O) groups is 2. The van der Waals surface area contributed by atoms with Gasteiger partial charge in [0.25, 0.3) is 15.7 Å². The maximum atomic E-state index is 12.5. The molecular weight excluding hydrogens is 398 g/mol. The first-order chi connectivity index (χ1) is 12.7. The maximum absolute atomic E-state index is 12.5. The maximum Gasteiger partial charge on any atom is 0.271 e. The fourth-order valence-electron chi connectivity index (χ4n) is 2.55. The van der Waals surface area contributed by atoms with E-state index in [4.69, 9.17) is 11.6 Å². The van der Waals surface area contributed by atoms with Crippen molar-refractivity contribution in [2.24, 2.45) is 0 Å². The average Bonchev–Trinajstić information content (AvgIpc) is 2.95. The number of amides is 2. The van der Waals surface area contributed by atoms with Crippen LogP contribution in [0.3, 0.4) is 0 Å². The van der Waals surface area contributed by atoms with Crippen molar-refractivity contribution in [1.29, 1.82) is 0 Å². The molecule has 0 bridgehead atoms. The first-order valence-corrected chi connectivity index (χ1v) is 9.48. The molecule has 9 nitrogen and oxygen atoms in total. The van der Waals surface area contributed by atoms with Crippen molar-refractivity contribution < 1.29 is 22.9 Å². The molecule has 0 unspecified atom stereocenters. The van der Waals surface area contributed by atoms with Gasteiger partial charge < -0.3 is 0 Å². The van der Waals surface area contributed by atoms with Gasteiger partial charge in [0.1, 0.15) is 0 Å². The molecule has 1 N–H and O–H groups in total. The van der Waals surface area contributed by atoms with Crippen LogP contribution in [0.4, 0.5) is 17.1 Å². The zero-order valence-electron chi connectivity index (χ0n) is 13.6. The third-order valence-electron chi connectivity index (χ3n) is 3.86. The SMILES string of the molecule is O=C1CCC(=O)N1c1ccc(S(=O)(=O)Nc2cc([N+](=O)[O-])ccc2Cl)cc1. The third-order valence-corrected chi connectivity index (χ3v) is 5.57. The summed E-state index contributed by atoms with van der Waals surface area (Å²) in [5, 5.41) is 10.8. The van der Waals surface area contributed by atoms with Crippen LogP contribution in [0.1, 0.15) is 12.8 Å². The molecule has 1 heterocycles. The topological polar surface area (TPSA) is 127 Å². The molecule has 0 aliphatic carbocycles. The Morgan fingerprint density at radius 3 is 2.19 bits per heavy atom. The number of benzene rings is 2. The predicted molar refractivity (Wildman–Crippen MR) is 97.1 cm³/mol. The zero-order valence-corrected chi connectivity index (χ0v) is 15.2. The van der Waals surface area contributed by atoms with Gasteiger partial charge in [-0.3, -0.25) is 29.3 Å². The fourth-order valence-corrected chi connectivity index (χ4v) is 3.84. The standard InChI is InChI=1S/C16H12ClN3O6S/c17-13-6-3-11(20(23)24)9-14(13)18-27(25,26)12-4-1-10(2-5-12)19-15(21)7-8-16(19)22/h1-6,9,18H,7-8H2. The molecule has 2 aromatic rings. The fraction of sp³-hybridized carbons (Fsp3) is 0.125. The Bertz CT molecular complexity index is 1040. The average molecular weight is 410 g/mol. The van der Waals surface area contributed by atoms with Crippen molar-refractivity contribution in [3.8, 4) is 0 Å². The van der Waals surface area contributed by atoms with E-state index < -0.39 is 14.9 Å². The van der Waals surface area contributed by atoms with Crippen LogP contribution in [0.5, 0.6) is 0 Å². The molecule has 0 radical (unpaired) electrons. The van der Waals surface area contributed by atoms with Crippen molar-refractivity contribution in [2.75, 3.05) is 9.62 Å². The highest BCUT2D eigenvalue weighted by Crippen LogP contribution is 2.30. The van der Waals surface area contributed by atoms with Crippen LogP contribution in [-0.2, 0) is 19.6 Å². The van der Waals surface area contributed by atoms with E-state index in [2.05, 4.69) is 4.72 Å². The van der Waals surface area contributed by atoms with Crippen LogP contribution in [0.25, 0.3) is 0 Å². The second-order valence-electron chi connectivity index (χ2n) is 5.64. The lowest BCUT2D eigenvalue weighted by atomic mass is 10.3. The van der Waals surface area contributed by atoms with Crippen LogP contribution >= 0.6 is 11.6 Å². The quantitative estimate of drug-likeness (QED) is 0.459. The number of nitro benzene ring substituents is 1. The molecule has 2 amide bonds. The lowest BCUT2D eigenvalue weighted by molar-refractivity contribution is -0.384. The van der Waals surface area contributed by atoms with Gasteiger partial charge in [-0.15, -0.1) is 0 Å². The largest absolute Gasteiger partial charge is 0.278 e. The Morgan fingerprint density at radius 2 is 1.63 bits per heavy atom. The summed E-state index contributed by atoms with van der Waals surface area (Å²) in [6, 6.07) is 8.50. The molecule has 0 saturated carbocycles. The summed E-state index contributed by atoms with van der Waals surface area (Å²) in [5.41, 5.74) is -0.187. The van der Waals surface area contributed by atoms with Crippen molar-refractivity contribution >= 4 is 50.5 Å². The Hall–Kier alpha value is -2.98. The normalized spacial score (nSPS) is 14.5. The first kappa shape index (κ1) is 18.8. The van der Waals surface area contributed by atoms with E-state index in [1.54, 1.807) is 0 Å². The molecule has 1 saturated heterocycles. The van der Waals surface area contributed by atoms with Gasteiger partial charge in [-0.25, -0.2) is 8.42 Å². The van der Waals surface area contributed by atoms with E-state index in [1.165, 1.54) is 30.3 Å². The van der Waals surface area contributed by atoms with Gasteiger partial charge in [0.15, 0.2) is 0 Å². The van der Waals surface area contributed by atoms with Crippen LogP contribution in [0, 0.1) is 10.1 Å². The lowest BCUT2D eigenvalue weighted by Crippen LogP contribution is -2.28. The van der Waals surface area contributed by atoms with E-state index in [-0.39, 0.29) is 51.6 Å². The smallest absolute Gasteiger partial charge is 0.271 e. The minimum atomic E-state index is -4.09. The highest BCUT2D eigenvalue weighted by molar-refractivity contribution is 7.92. The third kappa shape index (κ3) is 3.76. The number of sulfonamides is 1. The van der Waals surface area contributed by atoms with E-state index in [9.17, 15) is 28.1 Å². The number of nitrogens with one attached hydrogen (secondary N) is 1. The van der Waals surface area contributed by atoms with Gasteiger partial charge in [-0.1, -0.05) is 11.6 Å². The molecule has 0 aromatic heterocycles. The van der Waals surface area contributed by atoms with Crippen molar-refractivity contribution in [2.45, 2.75) is 17.7 Å². The Labute approximate surface area is 158 Å². The number of anilines is 2. The van der Waals surface area contributed by atoms with E-state index in [0.717, 1.165) is 17.0 Å². The highest BCUT2D eigenvalue weighted by Gasteiger charge is 2.30. The van der Waals surface area contributed by atoms with Crippen LogP contribution in [0.15, 0.2) is 47.4 Å². The van der Waals surface area contributed by atoms with E-state index in [0.29, 0.717) is 0 Å². The van der Waals surface area contributed by atoms with Gasteiger partial charge >= 0.3 is 0 Å². The van der Waals surface area contributed by atoms with Crippen LogP contribution < -0.4 is 9.62 Å². The summed E-state index contributed by atoms with van der Waals surface area (Å²) in [6.07, 6.45) is 0.234. The summed E-state index contributed by atoms with van der Waals surface area (Å²) in [5.74, 6) is -0.700. The summed E-state index contributed by atoms with van der Waals surface area (Å²) < 4.78 is 27.2. The van der Waals surface area contributed by atoms with E-state index in [1.807, 2.05) is 0 Å². The number of imide groups is 1. The summed E-state index contributed by atoms with van der Waals surface area (Å²) in [4.78, 5) is 34.5. The summed E-state index contributed by atoms with van der Waals surface area (Å²) >= 11 is 5.91. The summed E-state index contributed by atoms with van der Waals surface area (Å²) in [6.45, 7) is 0. The number of hydrogen-bond donors (Lipinski definition) is 1. The molecular formula is C16H12ClN3O6S. The number of rotatable bonds is 5. The van der Waals surface area contributed by atoms with E-state index >= 15 is 0 Å². The lowest BCUT2D eigenvalue weighted by Gasteiger charge is -2.15. The van der Waals surface area contributed by atoms with Gasteiger partial charge in [0.2, 0.25) is 11.8 Å². The molecule has 0 spiro atoms. The molecule has 27 heavy (non-hydrogen) atoms. The number of non-ortho nitro benzene ring substituents is 1. The molecule has 2 aromatic carbocycles. The second-order valence-corrected chi connectivity index (χ2v) is 7.73. The Morgan fingerprint density at radius 1 is 1.04 bits per heavy atom. The van der Waals surface area contributed by atoms with Crippen molar-refractivity contribution in [3.05, 3.63) is 57.6 Å². The van der Waals surface area contributed by atoms with Crippen LogP contribution in [0.2, 0.25) is 5.02 Å². The van der Waals surface area contributed by atoms with Crippen molar-refractivity contribution in [1.82, 2.24) is 0 Å². The molecule has 3 rings (SSSR count). The number of nitro groups is 1. The molecule has 1 aliphatic heterocycles. The monoisotopic (exact) mass is 409 g/mol. The minimum absolute atomic E-state index is 0.00550. The molecule has 1 fully saturated rings. The van der Waals surface area contributed by atoms with Crippen LogP contribution in [-0.4, -0.2) is 25.2 Å². The predicted octanol–water partition coefficient (Wildman–Crippen LogP) is 2.70. The summed E-state index contributed by atoms with van der Waals surface area (Å²) in [7, 11) is -4.09. The van der Waals surface area contributed by atoms with Gasteiger partial charge in [0, 0.05) is 25.0 Å². The number of carbonyl (C=O) groups excluding carboxylic acids is 2. The van der Waals surface area contributed by atoms with Gasteiger partial charge in [-0.05, 0) is 30.3 Å². The van der Waals surface area contributed by atoms with Gasteiger partial charge in [-0.2, -0.15) is 0 Å². The number of halogens is 1. The van der Waals surface area contributed by atoms with Gasteiger partial charge in [0.05, 0.1) is 26.2 Å². The molecule has 0 atom stereocenters. The highest BCUT2D eigenvalue weighted by atomic mass is 35.5.